The van der Waals surface area contributed by atoms with Crippen molar-refractivity contribution in [3.63, 3.8) is 0 Å². The molecule has 0 aliphatic rings. The number of ketones is 1. The summed E-state index contributed by atoms with van der Waals surface area (Å²) in [7, 11) is 0. The second-order valence-electron chi connectivity index (χ2n) is 7.23. The lowest BCUT2D eigenvalue weighted by Gasteiger charge is -2.13. The Kier molecular flexibility index (Phi) is 5.82. The molecule has 1 aromatic heterocycles. The monoisotopic (exact) mass is 392 g/mol. The van der Waals surface area contributed by atoms with Crippen LogP contribution in [0.25, 0.3) is 10.9 Å². The van der Waals surface area contributed by atoms with Gasteiger partial charge in [0, 0.05) is 27.7 Å². The fourth-order valence-electron chi connectivity index (χ4n) is 3.45. The Labute approximate surface area is 169 Å². The summed E-state index contributed by atoms with van der Waals surface area (Å²) in [5.74, 6) is -1.31. The standard InChI is InChI=1S/C23H24N2O4/c1-13-9-14(2)11-17(10-13)23(28)24-12-20(26)29-16(4)22(27)21-15(3)25-19-8-6-5-7-18(19)21/h5-11,16,25H,12H2,1-4H3,(H,24,28)/t16-/m0/s1. The first-order valence-electron chi connectivity index (χ1n) is 9.43. The number of carbonyl (C=O) groups is 3. The SMILES string of the molecule is Cc1cc(C)cc(C(=O)NCC(=O)O[C@@H](C)C(=O)c2c(C)[nH]c3ccccc23)c1. The van der Waals surface area contributed by atoms with Gasteiger partial charge in [0.15, 0.2) is 6.10 Å². The smallest absolute Gasteiger partial charge is 0.326 e. The molecule has 0 aliphatic carbocycles. The summed E-state index contributed by atoms with van der Waals surface area (Å²) in [4.78, 5) is 40.4. The van der Waals surface area contributed by atoms with Crippen LogP contribution in [0.4, 0.5) is 0 Å². The highest BCUT2D eigenvalue weighted by Gasteiger charge is 2.24. The van der Waals surface area contributed by atoms with Crippen LogP contribution in [0.1, 0.15) is 44.5 Å². The lowest BCUT2D eigenvalue weighted by Crippen LogP contribution is -2.34. The van der Waals surface area contributed by atoms with Gasteiger partial charge in [0.2, 0.25) is 5.78 Å². The van der Waals surface area contributed by atoms with Crippen molar-refractivity contribution < 1.29 is 19.1 Å². The summed E-state index contributed by atoms with van der Waals surface area (Å²) in [6, 6.07) is 12.9. The maximum absolute atomic E-state index is 12.8. The number of hydrogen-bond acceptors (Lipinski definition) is 4. The van der Waals surface area contributed by atoms with Gasteiger partial charge in [0.05, 0.1) is 0 Å². The highest BCUT2D eigenvalue weighted by Crippen LogP contribution is 2.23. The summed E-state index contributed by atoms with van der Waals surface area (Å²) in [5, 5.41) is 3.33. The molecule has 150 valence electrons. The number of aromatic amines is 1. The largest absolute Gasteiger partial charge is 0.453 e. The highest BCUT2D eigenvalue weighted by molar-refractivity contribution is 6.11. The van der Waals surface area contributed by atoms with Crippen molar-refractivity contribution in [2.75, 3.05) is 6.54 Å². The van der Waals surface area contributed by atoms with Gasteiger partial charge < -0.3 is 15.0 Å². The van der Waals surface area contributed by atoms with Crippen molar-refractivity contribution in [2.24, 2.45) is 0 Å². The molecule has 3 aromatic rings. The molecule has 0 aliphatic heterocycles. The number of para-hydroxylation sites is 1. The van der Waals surface area contributed by atoms with Crippen LogP contribution < -0.4 is 5.32 Å². The molecular formula is C23H24N2O4. The molecule has 0 spiro atoms. The Morgan fingerprint density at radius 2 is 1.69 bits per heavy atom. The number of hydrogen-bond donors (Lipinski definition) is 2. The zero-order chi connectivity index (χ0) is 21.1. The van der Waals surface area contributed by atoms with E-state index in [0.29, 0.717) is 11.1 Å². The molecule has 0 saturated heterocycles. The van der Waals surface area contributed by atoms with Gasteiger partial charge in [0.1, 0.15) is 6.54 Å². The Bertz CT molecular complexity index is 1080. The van der Waals surface area contributed by atoms with Crippen LogP contribution in [-0.2, 0) is 9.53 Å². The predicted octanol–water partition coefficient (Wildman–Crippen LogP) is 3.64. The molecule has 1 heterocycles. The first kappa shape index (κ1) is 20.3. The number of H-pyrrole nitrogens is 1. The summed E-state index contributed by atoms with van der Waals surface area (Å²) < 4.78 is 5.26. The second kappa shape index (κ2) is 8.31. The van der Waals surface area contributed by atoms with Crippen LogP contribution in [0.15, 0.2) is 42.5 Å². The Morgan fingerprint density at radius 1 is 1.03 bits per heavy atom. The molecule has 0 bridgehead atoms. The van der Waals surface area contributed by atoms with Gasteiger partial charge >= 0.3 is 5.97 Å². The first-order valence-corrected chi connectivity index (χ1v) is 9.43. The summed E-state index contributed by atoms with van der Waals surface area (Å²) in [5.41, 5.74) is 4.50. The summed E-state index contributed by atoms with van der Waals surface area (Å²) >= 11 is 0. The van der Waals surface area contributed by atoms with Crippen molar-refractivity contribution in [3.05, 3.63) is 70.4 Å². The zero-order valence-electron chi connectivity index (χ0n) is 17.0. The minimum absolute atomic E-state index is 0.283. The number of amides is 1. The van der Waals surface area contributed by atoms with Gasteiger partial charge in [-0.05, 0) is 45.9 Å². The van der Waals surface area contributed by atoms with Gasteiger partial charge in [-0.15, -0.1) is 0 Å². The molecule has 1 atom stereocenters. The Hall–Kier alpha value is -3.41. The van der Waals surface area contributed by atoms with Crippen molar-refractivity contribution >= 4 is 28.6 Å². The number of aromatic nitrogens is 1. The van der Waals surface area contributed by atoms with Gasteiger partial charge in [-0.2, -0.15) is 0 Å². The second-order valence-corrected chi connectivity index (χ2v) is 7.23. The summed E-state index contributed by atoms with van der Waals surface area (Å²) in [6.07, 6.45) is -0.960. The van der Waals surface area contributed by atoms with E-state index in [9.17, 15) is 14.4 Å². The van der Waals surface area contributed by atoms with Crippen LogP contribution in [-0.4, -0.2) is 35.3 Å². The van der Waals surface area contributed by atoms with Gasteiger partial charge in [-0.3, -0.25) is 14.4 Å². The van der Waals surface area contributed by atoms with E-state index in [1.807, 2.05) is 51.1 Å². The molecule has 0 unspecified atom stereocenters. The average molecular weight is 392 g/mol. The predicted molar refractivity (Wildman–Crippen MR) is 111 cm³/mol. The molecular weight excluding hydrogens is 368 g/mol. The number of benzene rings is 2. The van der Waals surface area contributed by atoms with Crippen molar-refractivity contribution in [1.82, 2.24) is 10.3 Å². The van der Waals surface area contributed by atoms with Gasteiger partial charge in [-0.1, -0.05) is 35.4 Å². The zero-order valence-corrected chi connectivity index (χ0v) is 17.0. The number of aryl methyl sites for hydroxylation is 3. The minimum atomic E-state index is -0.960. The van der Waals surface area contributed by atoms with E-state index in [-0.39, 0.29) is 18.2 Å². The lowest BCUT2D eigenvalue weighted by molar-refractivity contribution is -0.145. The molecule has 1 amide bonds. The van der Waals surface area contributed by atoms with E-state index in [4.69, 9.17) is 4.74 Å². The number of carbonyl (C=O) groups excluding carboxylic acids is 3. The summed E-state index contributed by atoms with van der Waals surface area (Å²) in [6.45, 7) is 6.84. The van der Waals surface area contributed by atoms with E-state index in [1.165, 1.54) is 6.92 Å². The highest BCUT2D eigenvalue weighted by atomic mass is 16.5. The molecule has 2 aromatic carbocycles. The van der Waals surface area contributed by atoms with E-state index in [1.54, 1.807) is 12.1 Å². The van der Waals surface area contributed by atoms with E-state index < -0.39 is 12.1 Å². The van der Waals surface area contributed by atoms with E-state index in [0.717, 1.165) is 27.7 Å². The quantitative estimate of drug-likeness (QED) is 0.495. The number of nitrogens with one attached hydrogen (secondary N) is 2. The van der Waals surface area contributed by atoms with Crippen LogP contribution in [0.5, 0.6) is 0 Å². The Balaban J connectivity index is 1.62. The molecule has 6 heteroatoms. The van der Waals surface area contributed by atoms with E-state index >= 15 is 0 Å². The van der Waals surface area contributed by atoms with E-state index in [2.05, 4.69) is 10.3 Å². The number of esters is 1. The van der Waals surface area contributed by atoms with Crippen LogP contribution >= 0.6 is 0 Å². The van der Waals surface area contributed by atoms with Crippen LogP contribution in [0.2, 0.25) is 0 Å². The lowest BCUT2D eigenvalue weighted by atomic mass is 10.0. The molecule has 0 saturated carbocycles. The number of Topliss-reactive ketones (excluding diaryl/α,β-unsaturated/α-hetero) is 1. The van der Waals surface area contributed by atoms with Crippen molar-refractivity contribution in [1.29, 1.82) is 0 Å². The molecule has 0 fully saturated rings. The fourth-order valence-corrected chi connectivity index (χ4v) is 3.45. The van der Waals surface area contributed by atoms with Gasteiger partial charge in [-0.25, -0.2) is 0 Å². The molecule has 29 heavy (non-hydrogen) atoms. The molecule has 6 nitrogen and oxygen atoms in total. The van der Waals surface area contributed by atoms with Crippen molar-refractivity contribution in [3.8, 4) is 0 Å². The number of rotatable bonds is 6. The number of fused-ring (bicyclic) bond motifs is 1. The third kappa shape index (κ3) is 4.54. The third-order valence-corrected chi connectivity index (χ3v) is 4.69. The van der Waals surface area contributed by atoms with Crippen LogP contribution in [0, 0.1) is 20.8 Å². The molecule has 3 rings (SSSR count). The third-order valence-electron chi connectivity index (χ3n) is 4.69. The minimum Gasteiger partial charge on any atom is -0.453 e. The van der Waals surface area contributed by atoms with Gasteiger partial charge in [0.25, 0.3) is 5.91 Å². The average Bonchev–Trinajstić information content (AvgIpc) is 3.00. The Morgan fingerprint density at radius 3 is 2.38 bits per heavy atom. The molecule has 2 N–H and O–H groups in total. The maximum Gasteiger partial charge on any atom is 0.326 e. The normalized spacial score (nSPS) is 11.9. The topological polar surface area (TPSA) is 88.3 Å². The molecule has 0 radical (unpaired) electrons. The van der Waals surface area contributed by atoms with Crippen molar-refractivity contribution in [2.45, 2.75) is 33.8 Å². The maximum atomic E-state index is 12.8. The number of ether oxygens (including phenoxy) is 1. The first-order chi connectivity index (χ1) is 13.8. The van der Waals surface area contributed by atoms with Crippen LogP contribution in [0.3, 0.4) is 0 Å². The fraction of sp³-hybridized carbons (Fsp3) is 0.261.